The summed E-state index contributed by atoms with van der Waals surface area (Å²) in [5.41, 5.74) is 2.74. The van der Waals surface area contributed by atoms with E-state index in [1.807, 2.05) is 13.8 Å². The third-order valence-electron chi connectivity index (χ3n) is 4.42. The maximum absolute atomic E-state index is 12.3. The molecule has 1 aromatic heterocycles. The fourth-order valence-electron chi connectivity index (χ4n) is 2.95. The molecule has 0 spiro atoms. The Morgan fingerprint density at radius 1 is 0.781 bits per heavy atom. The zero-order valence-corrected chi connectivity index (χ0v) is 19.4. The monoisotopic (exact) mass is 497 g/mol. The van der Waals surface area contributed by atoms with E-state index in [2.05, 4.69) is 31.9 Å². The van der Waals surface area contributed by atoms with Crippen LogP contribution in [-0.2, 0) is 16.0 Å². The standard InChI is InChI=1S/C24H24BrN3O4/c1-15(2)13-22(29)26-17-7-9-18(10-8-17)27-23(30)14-16-3-5-19(6-4-16)28-24(31)20-11-12-21(25)32-20/h3-12,15H,13-14H2,1-2H3,(H,26,29)(H,27,30)(H,28,31). The first-order valence-electron chi connectivity index (χ1n) is 10.1. The number of hydrogen-bond donors (Lipinski definition) is 3. The third-order valence-corrected chi connectivity index (χ3v) is 4.85. The van der Waals surface area contributed by atoms with Crippen LogP contribution in [0.5, 0.6) is 0 Å². The highest BCUT2D eigenvalue weighted by Crippen LogP contribution is 2.18. The summed E-state index contributed by atoms with van der Waals surface area (Å²) in [6.07, 6.45) is 0.647. The summed E-state index contributed by atoms with van der Waals surface area (Å²) < 4.78 is 5.70. The van der Waals surface area contributed by atoms with Crippen LogP contribution in [0.1, 0.15) is 36.4 Å². The molecule has 1 heterocycles. The van der Waals surface area contributed by atoms with Gasteiger partial charge in [0.05, 0.1) is 6.42 Å². The van der Waals surface area contributed by atoms with Crippen LogP contribution in [-0.4, -0.2) is 17.7 Å². The van der Waals surface area contributed by atoms with Crippen molar-refractivity contribution >= 4 is 50.7 Å². The molecule has 0 bridgehead atoms. The van der Waals surface area contributed by atoms with Gasteiger partial charge in [0.1, 0.15) is 0 Å². The number of carbonyl (C=O) groups is 3. The van der Waals surface area contributed by atoms with Crippen LogP contribution in [0.4, 0.5) is 17.1 Å². The van der Waals surface area contributed by atoms with Gasteiger partial charge in [-0.1, -0.05) is 26.0 Å². The van der Waals surface area contributed by atoms with E-state index in [-0.39, 0.29) is 35.8 Å². The molecule has 3 aromatic rings. The maximum Gasteiger partial charge on any atom is 0.291 e. The molecule has 0 saturated heterocycles. The topological polar surface area (TPSA) is 100 Å². The average molecular weight is 498 g/mol. The molecule has 3 rings (SSSR count). The van der Waals surface area contributed by atoms with Crippen molar-refractivity contribution in [3.8, 4) is 0 Å². The summed E-state index contributed by atoms with van der Waals surface area (Å²) in [6.45, 7) is 3.98. The molecule has 0 radical (unpaired) electrons. The third kappa shape index (κ3) is 7.09. The Morgan fingerprint density at radius 2 is 1.31 bits per heavy atom. The molecule has 0 aliphatic rings. The van der Waals surface area contributed by atoms with Gasteiger partial charge in [0.2, 0.25) is 11.8 Å². The number of benzene rings is 2. The lowest BCUT2D eigenvalue weighted by atomic mass is 10.1. The summed E-state index contributed by atoms with van der Waals surface area (Å²) in [5.74, 6) is -0.0690. The minimum atomic E-state index is -0.356. The van der Waals surface area contributed by atoms with Gasteiger partial charge in [0.15, 0.2) is 10.4 Å². The van der Waals surface area contributed by atoms with Crippen LogP contribution < -0.4 is 16.0 Å². The quantitative estimate of drug-likeness (QED) is 0.384. The summed E-state index contributed by atoms with van der Waals surface area (Å²) in [7, 11) is 0. The lowest BCUT2D eigenvalue weighted by Crippen LogP contribution is -2.15. The summed E-state index contributed by atoms with van der Waals surface area (Å²) in [4.78, 5) is 36.3. The molecular formula is C24H24BrN3O4. The van der Waals surface area contributed by atoms with Crippen molar-refractivity contribution in [2.45, 2.75) is 26.7 Å². The Labute approximate surface area is 194 Å². The number of furan rings is 1. The Kier molecular flexibility index (Phi) is 7.83. The fraction of sp³-hybridized carbons (Fsp3) is 0.208. The molecule has 0 fully saturated rings. The van der Waals surface area contributed by atoms with Crippen LogP contribution in [0.25, 0.3) is 0 Å². The van der Waals surface area contributed by atoms with Crippen LogP contribution >= 0.6 is 15.9 Å². The molecule has 0 aliphatic heterocycles. The van der Waals surface area contributed by atoms with Gasteiger partial charge in [0, 0.05) is 23.5 Å². The highest BCUT2D eigenvalue weighted by molar-refractivity contribution is 9.10. The summed E-state index contributed by atoms with van der Waals surface area (Å²) >= 11 is 3.16. The van der Waals surface area contributed by atoms with Gasteiger partial charge in [0.25, 0.3) is 5.91 Å². The minimum Gasteiger partial charge on any atom is -0.444 e. The van der Waals surface area contributed by atoms with E-state index in [1.165, 1.54) is 0 Å². The highest BCUT2D eigenvalue weighted by atomic mass is 79.9. The number of carbonyl (C=O) groups excluding carboxylic acids is 3. The normalized spacial score (nSPS) is 10.6. The first kappa shape index (κ1) is 23.3. The molecule has 7 nitrogen and oxygen atoms in total. The van der Waals surface area contributed by atoms with Crippen molar-refractivity contribution in [1.82, 2.24) is 0 Å². The Balaban J connectivity index is 1.49. The fourth-order valence-corrected chi connectivity index (χ4v) is 3.25. The highest BCUT2D eigenvalue weighted by Gasteiger charge is 2.11. The molecular weight excluding hydrogens is 474 g/mol. The zero-order valence-electron chi connectivity index (χ0n) is 17.8. The average Bonchev–Trinajstić information content (AvgIpc) is 3.17. The van der Waals surface area contributed by atoms with E-state index >= 15 is 0 Å². The first-order chi connectivity index (χ1) is 15.3. The molecule has 2 aromatic carbocycles. The van der Waals surface area contributed by atoms with Gasteiger partial charge < -0.3 is 20.4 Å². The second kappa shape index (κ2) is 10.8. The Bertz CT molecular complexity index is 1090. The SMILES string of the molecule is CC(C)CC(=O)Nc1ccc(NC(=O)Cc2ccc(NC(=O)c3ccc(Br)o3)cc2)cc1. The van der Waals surface area contributed by atoms with Gasteiger partial charge in [-0.2, -0.15) is 0 Å². The van der Waals surface area contributed by atoms with Gasteiger partial charge in [-0.3, -0.25) is 14.4 Å². The van der Waals surface area contributed by atoms with E-state index in [4.69, 9.17) is 4.42 Å². The number of nitrogens with one attached hydrogen (secondary N) is 3. The van der Waals surface area contributed by atoms with Crippen molar-refractivity contribution in [1.29, 1.82) is 0 Å². The number of hydrogen-bond acceptors (Lipinski definition) is 4. The first-order valence-corrected chi connectivity index (χ1v) is 10.9. The lowest BCUT2D eigenvalue weighted by Gasteiger charge is -2.09. The van der Waals surface area contributed by atoms with E-state index in [0.717, 1.165) is 5.56 Å². The zero-order chi connectivity index (χ0) is 23.1. The van der Waals surface area contributed by atoms with Crippen LogP contribution in [0, 0.1) is 5.92 Å². The molecule has 0 unspecified atom stereocenters. The van der Waals surface area contributed by atoms with Gasteiger partial charge in [-0.05, 0) is 75.9 Å². The molecule has 3 amide bonds. The number of amides is 3. The van der Waals surface area contributed by atoms with Crippen LogP contribution in [0.2, 0.25) is 0 Å². The van der Waals surface area contributed by atoms with Crippen molar-refractivity contribution in [3.63, 3.8) is 0 Å². The molecule has 166 valence electrons. The molecule has 8 heteroatoms. The molecule has 32 heavy (non-hydrogen) atoms. The number of rotatable bonds is 8. The van der Waals surface area contributed by atoms with Gasteiger partial charge in [-0.25, -0.2) is 0 Å². The lowest BCUT2D eigenvalue weighted by molar-refractivity contribution is -0.117. The smallest absolute Gasteiger partial charge is 0.291 e. The van der Waals surface area contributed by atoms with Crippen molar-refractivity contribution in [2.24, 2.45) is 5.92 Å². The van der Waals surface area contributed by atoms with E-state index < -0.39 is 0 Å². The van der Waals surface area contributed by atoms with E-state index in [0.29, 0.717) is 28.2 Å². The predicted octanol–water partition coefficient (Wildman–Crippen LogP) is 5.46. The van der Waals surface area contributed by atoms with E-state index in [9.17, 15) is 14.4 Å². The maximum atomic E-state index is 12.3. The molecule has 0 aliphatic carbocycles. The second-order valence-electron chi connectivity index (χ2n) is 7.70. The van der Waals surface area contributed by atoms with Gasteiger partial charge in [-0.15, -0.1) is 0 Å². The summed E-state index contributed by atoms with van der Waals surface area (Å²) in [6, 6.07) is 17.2. The molecule has 3 N–H and O–H groups in total. The minimum absolute atomic E-state index is 0.0338. The number of anilines is 3. The predicted molar refractivity (Wildman–Crippen MR) is 128 cm³/mol. The van der Waals surface area contributed by atoms with Crippen LogP contribution in [0.15, 0.2) is 69.8 Å². The van der Waals surface area contributed by atoms with E-state index in [1.54, 1.807) is 60.7 Å². The second-order valence-corrected chi connectivity index (χ2v) is 8.48. The van der Waals surface area contributed by atoms with Crippen molar-refractivity contribution < 1.29 is 18.8 Å². The number of halogens is 1. The van der Waals surface area contributed by atoms with Crippen molar-refractivity contribution in [2.75, 3.05) is 16.0 Å². The Morgan fingerprint density at radius 3 is 1.84 bits per heavy atom. The Hall–Kier alpha value is -3.39. The largest absolute Gasteiger partial charge is 0.444 e. The molecule has 0 atom stereocenters. The van der Waals surface area contributed by atoms with Crippen LogP contribution in [0.3, 0.4) is 0 Å². The van der Waals surface area contributed by atoms with Gasteiger partial charge >= 0.3 is 0 Å². The molecule has 0 saturated carbocycles. The van der Waals surface area contributed by atoms with Crippen molar-refractivity contribution in [3.05, 3.63) is 76.7 Å². The summed E-state index contributed by atoms with van der Waals surface area (Å²) in [5, 5.41) is 8.41.